The first-order chi connectivity index (χ1) is 10.8. The number of nitrogens with one attached hydrogen (secondary N) is 3. The number of ether oxygens (including phenoxy) is 1. The summed E-state index contributed by atoms with van der Waals surface area (Å²) in [7, 11) is 0. The maximum Gasteiger partial charge on any atom is 0.412 e. The van der Waals surface area contributed by atoms with Gasteiger partial charge in [0.1, 0.15) is 5.60 Å². The Morgan fingerprint density at radius 2 is 1.91 bits per heavy atom. The minimum absolute atomic E-state index is 0.217. The number of hydrogen-bond acceptors (Lipinski definition) is 3. The largest absolute Gasteiger partial charge is 0.444 e. The molecule has 1 atom stereocenters. The van der Waals surface area contributed by atoms with Crippen LogP contribution < -0.4 is 10.6 Å². The van der Waals surface area contributed by atoms with Crippen molar-refractivity contribution in [2.75, 3.05) is 5.32 Å². The fourth-order valence-corrected chi connectivity index (χ4v) is 2.13. The van der Waals surface area contributed by atoms with Crippen LogP contribution in [0.5, 0.6) is 0 Å². The standard InChI is InChI=1S/C18H25N3O2/c1-13(20-12-16-6-5-11-19-16)14-7-9-15(10-8-14)21-17(22)23-18(2,3)4/h5-11,13,19-20H,12H2,1-4H3,(H,21,22). The first kappa shape index (κ1) is 17.1. The summed E-state index contributed by atoms with van der Waals surface area (Å²) in [4.78, 5) is 14.9. The Bertz CT molecular complexity index is 613. The van der Waals surface area contributed by atoms with E-state index in [2.05, 4.69) is 22.5 Å². The van der Waals surface area contributed by atoms with E-state index >= 15 is 0 Å². The Hall–Kier alpha value is -2.27. The molecule has 3 N–H and O–H groups in total. The van der Waals surface area contributed by atoms with Gasteiger partial charge in [-0.15, -0.1) is 0 Å². The average molecular weight is 315 g/mol. The fourth-order valence-electron chi connectivity index (χ4n) is 2.13. The Kier molecular flexibility index (Phi) is 5.45. The Labute approximate surface area is 137 Å². The molecule has 1 unspecified atom stereocenters. The van der Waals surface area contributed by atoms with Crippen molar-refractivity contribution in [1.29, 1.82) is 0 Å². The molecule has 2 rings (SSSR count). The summed E-state index contributed by atoms with van der Waals surface area (Å²) in [6.07, 6.45) is 1.47. The normalized spacial score (nSPS) is 12.7. The minimum atomic E-state index is -0.500. The third-order valence-electron chi connectivity index (χ3n) is 3.32. The molecule has 2 aromatic rings. The van der Waals surface area contributed by atoms with E-state index in [1.165, 1.54) is 0 Å². The van der Waals surface area contributed by atoms with Crippen molar-refractivity contribution < 1.29 is 9.53 Å². The number of carbonyl (C=O) groups is 1. The highest BCUT2D eigenvalue weighted by atomic mass is 16.6. The van der Waals surface area contributed by atoms with Crippen LogP contribution in [0, 0.1) is 0 Å². The van der Waals surface area contributed by atoms with E-state index in [1.54, 1.807) is 0 Å². The highest BCUT2D eigenvalue weighted by Gasteiger charge is 2.16. The fraction of sp³-hybridized carbons (Fsp3) is 0.389. The summed E-state index contributed by atoms with van der Waals surface area (Å²) < 4.78 is 5.23. The van der Waals surface area contributed by atoms with Crippen LogP contribution in [0.15, 0.2) is 42.6 Å². The van der Waals surface area contributed by atoms with Crippen LogP contribution in [0.2, 0.25) is 0 Å². The number of rotatable bonds is 5. The molecule has 1 heterocycles. The summed E-state index contributed by atoms with van der Waals surface area (Å²) in [5.41, 5.74) is 2.53. The predicted octanol–water partition coefficient (Wildman–Crippen LogP) is 4.21. The summed E-state index contributed by atoms with van der Waals surface area (Å²) in [6.45, 7) is 8.42. The van der Waals surface area contributed by atoms with E-state index < -0.39 is 11.7 Å². The third-order valence-corrected chi connectivity index (χ3v) is 3.32. The van der Waals surface area contributed by atoms with Crippen LogP contribution in [-0.2, 0) is 11.3 Å². The molecule has 0 aliphatic carbocycles. The Balaban J connectivity index is 1.87. The summed E-state index contributed by atoms with van der Waals surface area (Å²) >= 11 is 0. The first-order valence-electron chi connectivity index (χ1n) is 7.79. The van der Waals surface area contributed by atoms with E-state index in [-0.39, 0.29) is 6.04 Å². The lowest BCUT2D eigenvalue weighted by Gasteiger charge is -2.20. The second-order valence-corrected chi connectivity index (χ2v) is 6.55. The van der Waals surface area contributed by atoms with Crippen LogP contribution in [0.25, 0.3) is 0 Å². The molecule has 0 radical (unpaired) electrons. The number of hydrogen-bond donors (Lipinski definition) is 3. The monoisotopic (exact) mass is 315 g/mol. The number of carbonyl (C=O) groups excluding carboxylic acids is 1. The zero-order valence-corrected chi connectivity index (χ0v) is 14.1. The highest BCUT2D eigenvalue weighted by Crippen LogP contribution is 2.17. The van der Waals surface area contributed by atoms with E-state index in [0.29, 0.717) is 0 Å². The van der Waals surface area contributed by atoms with E-state index in [4.69, 9.17) is 4.74 Å². The molecule has 0 bridgehead atoms. The predicted molar refractivity (Wildman–Crippen MR) is 92.3 cm³/mol. The van der Waals surface area contributed by atoms with Crippen molar-refractivity contribution in [3.63, 3.8) is 0 Å². The number of anilines is 1. The topological polar surface area (TPSA) is 66.2 Å². The van der Waals surface area contributed by atoms with E-state index in [9.17, 15) is 4.79 Å². The molecule has 0 saturated heterocycles. The van der Waals surface area contributed by atoms with Gasteiger partial charge >= 0.3 is 6.09 Å². The van der Waals surface area contributed by atoms with Gasteiger partial charge in [0.2, 0.25) is 0 Å². The molecule has 0 aliphatic rings. The molecule has 5 nitrogen and oxygen atoms in total. The zero-order chi connectivity index (χ0) is 16.9. The van der Waals surface area contributed by atoms with Crippen molar-refractivity contribution in [3.05, 3.63) is 53.9 Å². The number of amides is 1. The third kappa shape index (κ3) is 5.79. The maximum atomic E-state index is 11.7. The zero-order valence-electron chi connectivity index (χ0n) is 14.1. The molecule has 23 heavy (non-hydrogen) atoms. The van der Waals surface area contributed by atoms with Crippen LogP contribution in [0.1, 0.15) is 45.0 Å². The van der Waals surface area contributed by atoms with Gasteiger partial charge in [0.25, 0.3) is 0 Å². The summed E-state index contributed by atoms with van der Waals surface area (Å²) in [5, 5.41) is 6.18. The first-order valence-corrected chi connectivity index (χ1v) is 7.79. The van der Waals surface area contributed by atoms with Gasteiger partial charge in [-0.1, -0.05) is 12.1 Å². The molecule has 1 aromatic heterocycles. The van der Waals surface area contributed by atoms with Crippen LogP contribution in [0.4, 0.5) is 10.5 Å². The van der Waals surface area contributed by atoms with Crippen molar-refractivity contribution in [2.24, 2.45) is 0 Å². The molecule has 0 saturated carbocycles. The SMILES string of the molecule is CC(NCc1ccc[nH]1)c1ccc(NC(=O)OC(C)(C)C)cc1. The lowest BCUT2D eigenvalue weighted by Crippen LogP contribution is -2.27. The van der Waals surface area contributed by atoms with Gasteiger partial charge in [0, 0.05) is 30.2 Å². The van der Waals surface area contributed by atoms with Gasteiger partial charge in [-0.25, -0.2) is 4.79 Å². The quantitative estimate of drug-likeness (QED) is 0.774. The van der Waals surface area contributed by atoms with Crippen LogP contribution >= 0.6 is 0 Å². The van der Waals surface area contributed by atoms with Crippen LogP contribution in [-0.4, -0.2) is 16.7 Å². The van der Waals surface area contributed by atoms with Gasteiger partial charge in [-0.2, -0.15) is 0 Å². The highest BCUT2D eigenvalue weighted by molar-refractivity contribution is 5.84. The molecule has 0 fully saturated rings. The van der Waals surface area contributed by atoms with Gasteiger partial charge in [0.05, 0.1) is 0 Å². The molecule has 1 amide bonds. The average Bonchev–Trinajstić information content (AvgIpc) is 2.96. The van der Waals surface area contributed by atoms with Crippen LogP contribution in [0.3, 0.4) is 0 Å². The molecule has 0 aliphatic heterocycles. The van der Waals surface area contributed by atoms with Gasteiger partial charge in [-0.05, 0) is 57.5 Å². The number of aromatic nitrogens is 1. The Morgan fingerprint density at radius 3 is 2.48 bits per heavy atom. The van der Waals surface area contributed by atoms with Gasteiger partial charge in [-0.3, -0.25) is 5.32 Å². The van der Waals surface area contributed by atoms with Gasteiger partial charge in [0.15, 0.2) is 0 Å². The molecule has 5 heteroatoms. The maximum absolute atomic E-state index is 11.7. The molecular weight excluding hydrogens is 290 g/mol. The molecule has 1 aromatic carbocycles. The van der Waals surface area contributed by atoms with E-state index in [0.717, 1.165) is 23.5 Å². The van der Waals surface area contributed by atoms with Gasteiger partial charge < -0.3 is 15.0 Å². The number of aromatic amines is 1. The lowest BCUT2D eigenvalue weighted by molar-refractivity contribution is 0.0636. The number of H-pyrrole nitrogens is 1. The molecule has 124 valence electrons. The summed E-state index contributed by atoms with van der Waals surface area (Å²) in [6, 6.07) is 12.0. The Morgan fingerprint density at radius 1 is 1.22 bits per heavy atom. The minimum Gasteiger partial charge on any atom is -0.444 e. The smallest absolute Gasteiger partial charge is 0.412 e. The summed E-state index contributed by atoms with van der Waals surface area (Å²) in [5.74, 6) is 0. The second-order valence-electron chi connectivity index (χ2n) is 6.55. The van der Waals surface area contributed by atoms with Crippen molar-refractivity contribution in [2.45, 2.75) is 45.9 Å². The van der Waals surface area contributed by atoms with Crippen molar-refractivity contribution in [1.82, 2.24) is 10.3 Å². The van der Waals surface area contributed by atoms with E-state index in [1.807, 2.05) is 63.4 Å². The lowest BCUT2D eigenvalue weighted by atomic mass is 10.1. The molecular formula is C18H25N3O2. The second kappa shape index (κ2) is 7.33. The molecule has 0 spiro atoms. The number of benzene rings is 1. The van der Waals surface area contributed by atoms with Crippen molar-refractivity contribution >= 4 is 11.8 Å². The van der Waals surface area contributed by atoms with Crippen molar-refractivity contribution in [3.8, 4) is 0 Å².